The minimum absolute atomic E-state index is 0.680. The van der Waals surface area contributed by atoms with Gasteiger partial charge in [0.05, 0.1) is 12.5 Å². The Morgan fingerprint density at radius 3 is 1.94 bits per heavy atom. The molecule has 0 bridgehead atoms. The highest BCUT2D eigenvalue weighted by Gasteiger charge is 1.99. The summed E-state index contributed by atoms with van der Waals surface area (Å²) in [4.78, 5) is 18.1. The van der Waals surface area contributed by atoms with E-state index in [1.165, 1.54) is 5.56 Å². The largest absolute Gasteiger partial charge is 0.464 e. The van der Waals surface area contributed by atoms with Crippen LogP contribution >= 0.6 is 0 Å². The van der Waals surface area contributed by atoms with Gasteiger partial charge < -0.3 is 19.9 Å². The zero-order valence-corrected chi connectivity index (χ0v) is 18.9. The van der Waals surface area contributed by atoms with Gasteiger partial charge in [-0.15, -0.1) is 0 Å². The van der Waals surface area contributed by atoms with Gasteiger partial charge in [0, 0.05) is 59.0 Å². The van der Waals surface area contributed by atoms with Gasteiger partial charge in [-0.2, -0.15) is 0 Å². The van der Waals surface area contributed by atoms with Gasteiger partial charge in [0.25, 0.3) is 0 Å². The fourth-order valence-corrected chi connectivity index (χ4v) is 3.22. The third kappa shape index (κ3) is 6.79. The molecule has 4 heterocycles. The number of aldehydes is 1. The maximum absolute atomic E-state index is 10.3. The first kappa shape index (κ1) is 23.3. The van der Waals surface area contributed by atoms with Crippen LogP contribution in [0.4, 0.5) is 11.4 Å². The standard InChI is InChI=1S/C14H12N2O.C9H6O2.C5H6N2/c1-2-14-12(5-8-17-14)9-11(1)10-16-13-3-6-15-7-4-13;10-6-7-1-2-9-8(5-7)3-4-11-9;6-5-1-3-7-4-2-5/h1-9H,10H2,(H,15,16);1-6H;1-4H,(H2,6,7). The summed E-state index contributed by atoms with van der Waals surface area (Å²) in [5, 5.41) is 5.45. The van der Waals surface area contributed by atoms with Gasteiger partial charge >= 0.3 is 0 Å². The Bertz CT molecular complexity index is 1480. The average molecular weight is 465 g/mol. The van der Waals surface area contributed by atoms with E-state index in [1.54, 1.807) is 67.6 Å². The lowest BCUT2D eigenvalue weighted by Crippen LogP contribution is -1.98. The maximum Gasteiger partial charge on any atom is 0.150 e. The third-order valence-electron chi connectivity index (χ3n) is 5.01. The van der Waals surface area contributed by atoms with Crippen molar-refractivity contribution in [3.05, 3.63) is 121 Å². The third-order valence-corrected chi connectivity index (χ3v) is 5.01. The Kier molecular flexibility index (Phi) is 7.85. The molecular weight excluding hydrogens is 440 g/mol. The molecule has 6 aromatic rings. The van der Waals surface area contributed by atoms with Crippen molar-refractivity contribution in [3.63, 3.8) is 0 Å². The summed E-state index contributed by atoms with van der Waals surface area (Å²) in [6, 6.07) is 22.7. The van der Waals surface area contributed by atoms with Crippen molar-refractivity contribution >= 4 is 39.6 Å². The second-order valence-electron chi connectivity index (χ2n) is 7.50. The van der Waals surface area contributed by atoms with Crippen molar-refractivity contribution in [1.82, 2.24) is 9.97 Å². The molecule has 7 nitrogen and oxygen atoms in total. The number of benzene rings is 2. The van der Waals surface area contributed by atoms with E-state index in [9.17, 15) is 4.79 Å². The van der Waals surface area contributed by atoms with Crippen LogP contribution < -0.4 is 11.1 Å². The number of nitrogens with two attached hydrogens (primary N) is 1. The van der Waals surface area contributed by atoms with Gasteiger partial charge in [0.2, 0.25) is 0 Å². The Morgan fingerprint density at radius 1 is 0.743 bits per heavy atom. The van der Waals surface area contributed by atoms with Gasteiger partial charge in [0.1, 0.15) is 17.5 Å². The molecule has 6 rings (SSSR count). The van der Waals surface area contributed by atoms with E-state index in [0.717, 1.165) is 46.1 Å². The van der Waals surface area contributed by atoms with E-state index in [4.69, 9.17) is 14.6 Å². The van der Waals surface area contributed by atoms with E-state index >= 15 is 0 Å². The Balaban J connectivity index is 0.000000137. The van der Waals surface area contributed by atoms with Crippen LogP contribution in [0, 0.1) is 0 Å². The molecule has 0 aliphatic carbocycles. The summed E-state index contributed by atoms with van der Waals surface area (Å²) in [7, 11) is 0. The Labute approximate surface area is 202 Å². The number of anilines is 2. The number of pyridine rings is 2. The maximum atomic E-state index is 10.3. The molecule has 2 aromatic carbocycles. The molecular formula is C28H24N4O3. The second-order valence-corrected chi connectivity index (χ2v) is 7.50. The highest BCUT2D eigenvalue weighted by atomic mass is 16.3. The van der Waals surface area contributed by atoms with E-state index in [-0.39, 0.29) is 0 Å². The van der Waals surface area contributed by atoms with E-state index in [2.05, 4.69) is 27.4 Å². The van der Waals surface area contributed by atoms with Crippen LogP contribution in [-0.2, 0) is 6.54 Å². The minimum Gasteiger partial charge on any atom is -0.464 e. The SMILES string of the molecule is Nc1ccncc1.O=Cc1ccc2occc2c1.c1cc(NCc2ccc3occc3c2)ccn1. The monoisotopic (exact) mass is 464 g/mol. The van der Waals surface area contributed by atoms with Gasteiger partial charge in [-0.3, -0.25) is 14.8 Å². The lowest BCUT2D eigenvalue weighted by atomic mass is 10.1. The van der Waals surface area contributed by atoms with Crippen LogP contribution in [0.1, 0.15) is 15.9 Å². The molecule has 0 aliphatic rings. The molecule has 0 radical (unpaired) electrons. The number of carbonyl (C=O) groups excluding carboxylic acids is 1. The fourth-order valence-electron chi connectivity index (χ4n) is 3.22. The van der Waals surface area contributed by atoms with Crippen molar-refractivity contribution in [1.29, 1.82) is 0 Å². The molecule has 0 unspecified atom stereocenters. The summed E-state index contributed by atoms with van der Waals surface area (Å²) < 4.78 is 10.4. The van der Waals surface area contributed by atoms with Crippen LogP contribution in [0.3, 0.4) is 0 Å². The lowest BCUT2D eigenvalue weighted by Gasteiger charge is -2.05. The quantitative estimate of drug-likeness (QED) is 0.293. The normalized spacial score (nSPS) is 10.1. The zero-order chi connectivity index (χ0) is 24.3. The van der Waals surface area contributed by atoms with Crippen LogP contribution in [0.2, 0.25) is 0 Å². The van der Waals surface area contributed by atoms with Gasteiger partial charge in [-0.05, 0) is 72.3 Å². The number of fused-ring (bicyclic) bond motifs is 2. The summed E-state index contributed by atoms with van der Waals surface area (Å²) in [5.41, 5.74) is 10.8. The Morgan fingerprint density at radius 2 is 1.34 bits per heavy atom. The molecule has 0 spiro atoms. The van der Waals surface area contributed by atoms with Crippen molar-refractivity contribution in [2.45, 2.75) is 6.54 Å². The van der Waals surface area contributed by atoms with Crippen LogP contribution in [0.15, 0.2) is 119 Å². The van der Waals surface area contributed by atoms with Gasteiger partial charge in [0.15, 0.2) is 0 Å². The fraction of sp³-hybridized carbons (Fsp3) is 0.0357. The average Bonchev–Trinajstić information content (AvgIpc) is 3.58. The number of nitrogen functional groups attached to an aromatic ring is 1. The summed E-state index contributed by atoms with van der Waals surface area (Å²) in [6.45, 7) is 0.797. The van der Waals surface area contributed by atoms with Gasteiger partial charge in [-0.25, -0.2) is 0 Å². The molecule has 0 saturated heterocycles. The summed E-state index contributed by atoms with van der Waals surface area (Å²) in [6.07, 6.45) is 11.0. The second kappa shape index (κ2) is 11.8. The molecule has 4 aromatic heterocycles. The van der Waals surface area contributed by atoms with Crippen molar-refractivity contribution in [2.24, 2.45) is 0 Å². The van der Waals surface area contributed by atoms with Crippen LogP contribution in [0.5, 0.6) is 0 Å². The number of hydrogen-bond donors (Lipinski definition) is 2. The molecule has 0 atom stereocenters. The predicted molar refractivity (Wildman–Crippen MR) is 138 cm³/mol. The highest BCUT2D eigenvalue weighted by molar-refractivity contribution is 5.85. The van der Waals surface area contributed by atoms with E-state index in [0.29, 0.717) is 5.56 Å². The zero-order valence-electron chi connectivity index (χ0n) is 18.9. The number of nitrogens with one attached hydrogen (secondary N) is 1. The van der Waals surface area contributed by atoms with Crippen molar-refractivity contribution in [2.75, 3.05) is 11.1 Å². The molecule has 0 fully saturated rings. The molecule has 174 valence electrons. The number of rotatable bonds is 4. The van der Waals surface area contributed by atoms with Gasteiger partial charge in [-0.1, -0.05) is 6.07 Å². The molecule has 7 heteroatoms. The first-order valence-electron chi connectivity index (χ1n) is 10.9. The van der Waals surface area contributed by atoms with Crippen molar-refractivity contribution < 1.29 is 13.6 Å². The molecule has 0 saturated carbocycles. The first-order valence-corrected chi connectivity index (χ1v) is 10.9. The number of carbonyl (C=O) groups is 1. The smallest absolute Gasteiger partial charge is 0.150 e. The van der Waals surface area contributed by atoms with Crippen LogP contribution in [-0.4, -0.2) is 16.3 Å². The lowest BCUT2D eigenvalue weighted by molar-refractivity contribution is 0.112. The molecule has 0 aliphatic heterocycles. The molecule has 3 N–H and O–H groups in total. The molecule has 0 amide bonds. The predicted octanol–water partition coefficient (Wildman–Crippen LogP) is 6.35. The molecule has 35 heavy (non-hydrogen) atoms. The van der Waals surface area contributed by atoms with Crippen molar-refractivity contribution in [3.8, 4) is 0 Å². The first-order chi connectivity index (χ1) is 17.2. The minimum atomic E-state index is 0.680. The number of hydrogen-bond acceptors (Lipinski definition) is 7. The number of furan rings is 2. The topological polar surface area (TPSA) is 107 Å². The summed E-state index contributed by atoms with van der Waals surface area (Å²) >= 11 is 0. The Hall–Kier alpha value is -4.91. The highest BCUT2D eigenvalue weighted by Crippen LogP contribution is 2.18. The summed E-state index contributed by atoms with van der Waals surface area (Å²) in [5.74, 6) is 0. The van der Waals surface area contributed by atoms with E-state index in [1.807, 2.05) is 30.3 Å². The number of aromatic nitrogens is 2. The van der Waals surface area contributed by atoms with Crippen LogP contribution in [0.25, 0.3) is 21.9 Å². The van der Waals surface area contributed by atoms with E-state index < -0.39 is 0 Å². The number of nitrogens with zero attached hydrogens (tertiary/aromatic N) is 2.